The third-order valence-corrected chi connectivity index (χ3v) is 5.03. The van der Waals surface area contributed by atoms with E-state index in [9.17, 15) is 9.59 Å². The molecule has 30 heavy (non-hydrogen) atoms. The van der Waals surface area contributed by atoms with E-state index in [2.05, 4.69) is 4.74 Å². The van der Waals surface area contributed by atoms with Crippen LogP contribution in [0.15, 0.2) is 39.5 Å². The molecule has 1 aromatic heterocycles. The van der Waals surface area contributed by atoms with Crippen LogP contribution in [0.1, 0.15) is 18.2 Å². The molecule has 0 saturated heterocycles. The molecular formula is C23H22O7. The van der Waals surface area contributed by atoms with Crippen LogP contribution in [0, 0.1) is 6.92 Å². The van der Waals surface area contributed by atoms with E-state index in [1.807, 2.05) is 13.0 Å². The Kier molecular flexibility index (Phi) is 5.35. The summed E-state index contributed by atoms with van der Waals surface area (Å²) in [6.07, 6.45) is 0.624. The average Bonchev–Trinajstić information content (AvgIpc) is 2.76. The van der Waals surface area contributed by atoms with E-state index in [4.69, 9.17) is 18.6 Å². The lowest BCUT2D eigenvalue weighted by atomic mass is 10.00. The van der Waals surface area contributed by atoms with E-state index in [1.165, 1.54) is 7.11 Å². The SMILES string of the molecule is CCc1cc2c(=O)c(-c3ccc4c(c3)OCCO4)c(C)oc2cc1OCC(=O)OC. The number of rotatable bonds is 5. The molecule has 7 nitrogen and oxygen atoms in total. The minimum Gasteiger partial charge on any atom is -0.486 e. The fourth-order valence-corrected chi connectivity index (χ4v) is 3.52. The van der Waals surface area contributed by atoms with Gasteiger partial charge in [0.25, 0.3) is 0 Å². The summed E-state index contributed by atoms with van der Waals surface area (Å²) in [5.41, 5.74) is 2.24. The van der Waals surface area contributed by atoms with Crippen LogP contribution >= 0.6 is 0 Å². The standard InChI is InChI=1S/C23H22O7/c1-4-14-9-16-19(11-18(14)29-12-21(24)26-3)30-13(2)22(23(16)25)15-5-6-17-20(10-15)28-8-7-27-17/h5-6,9-11H,4,7-8,12H2,1-3H3. The highest BCUT2D eigenvalue weighted by molar-refractivity contribution is 5.85. The lowest BCUT2D eigenvalue weighted by molar-refractivity contribution is -0.142. The topological polar surface area (TPSA) is 84.2 Å². The van der Waals surface area contributed by atoms with Gasteiger partial charge in [0, 0.05) is 6.07 Å². The maximum Gasteiger partial charge on any atom is 0.343 e. The molecule has 0 amide bonds. The zero-order chi connectivity index (χ0) is 21.3. The second-order valence-electron chi connectivity index (χ2n) is 6.90. The zero-order valence-corrected chi connectivity index (χ0v) is 17.1. The molecule has 1 aliphatic heterocycles. The molecule has 0 atom stereocenters. The number of carbonyl (C=O) groups is 1. The first-order valence-electron chi connectivity index (χ1n) is 9.71. The Bertz CT molecular complexity index is 1180. The Labute approximate surface area is 173 Å². The lowest BCUT2D eigenvalue weighted by Gasteiger charge is -2.19. The van der Waals surface area contributed by atoms with Crippen molar-refractivity contribution < 1.29 is 28.2 Å². The molecule has 0 radical (unpaired) electrons. The number of aryl methyl sites for hydroxylation is 2. The summed E-state index contributed by atoms with van der Waals surface area (Å²) in [6, 6.07) is 8.84. The number of ether oxygens (including phenoxy) is 4. The van der Waals surface area contributed by atoms with Crippen molar-refractivity contribution in [2.45, 2.75) is 20.3 Å². The van der Waals surface area contributed by atoms with E-state index in [1.54, 1.807) is 31.2 Å². The van der Waals surface area contributed by atoms with Crippen molar-refractivity contribution in [3.05, 3.63) is 51.9 Å². The molecule has 7 heteroatoms. The Morgan fingerprint density at radius 2 is 1.87 bits per heavy atom. The van der Waals surface area contributed by atoms with Crippen LogP contribution in [-0.4, -0.2) is 32.9 Å². The Balaban J connectivity index is 1.81. The van der Waals surface area contributed by atoms with E-state index in [0.29, 0.717) is 64.7 Å². The molecule has 0 spiro atoms. The third kappa shape index (κ3) is 3.58. The Morgan fingerprint density at radius 1 is 1.10 bits per heavy atom. The molecule has 1 aliphatic rings. The number of benzene rings is 2. The van der Waals surface area contributed by atoms with Crippen LogP contribution in [0.25, 0.3) is 22.1 Å². The van der Waals surface area contributed by atoms with Gasteiger partial charge >= 0.3 is 5.97 Å². The third-order valence-electron chi connectivity index (χ3n) is 5.03. The largest absolute Gasteiger partial charge is 0.486 e. The number of carbonyl (C=O) groups excluding carboxylic acids is 1. The van der Waals surface area contributed by atoms with Gasteiger partial charge in [0.2, 0.25) is 5.43 Å². The van der Waals surface area contributed by atoms with Crippen molar-refractivity contribution >= 4 is 16.9 Å². The minimum absolute atomic E-state index is 0.139. The van der Waals surface area contributed by atoms with Gasteiger partial charge in [-0.25, -0.2) is 4.79 Å². The first-order chi connectivity index (χ1) is 14.5. The van der Waals surface area contributed by atoms with Crippen LogP contribution in [0.3, 0.4) is 0 Å². The number of fused-ring (bicyclic) bond motifs is 2. The molecule has 3 aromatic rings. The van der Waals surface area contributed by atoms with Gasteiger partial charge in [0.05, 0.1) is 18.1 Å². The van der Waals surface area contributed by atoms with Gasteiger partial charge in [-0.1, -0.05) is 13.0 Å². The van der Waals surface area contributed by atoms with Gasteiger partial charge in [-0.2, -0.15) is 0 Å². The van der Waals surface area contributed by atoms with Gasteiger partial charge in [-0.15, -0.1) is 0 Å². The van der Waals surface area contributed by atoms with Crippen LogP contribution in [0.5, 0.6) is 17.2 Å². The maximum absolute atomic E-state index is 13.4. The molecule has 0 saturated carbocycles. The first-order valence-corrected chi connectivity index (χ1v) is 9.71. The molecule has 0 aliphatic carbocycles. The second kappa shape index (κ2) is 8.10. The molecule has 2 aromatic carbocycles. The number of hydrogen-bond donors (Lipinski definition) is 0. The minimum atomic E-state index is -0.483. The molecule has 0 bridgehead atoms. The van der Waals surface area contributed by atoms with Gasteiger partial charge < -0.3 is 23.4 Å². The highest BCUT2D eigenvalue weighted by atomic mass is 16.6. The quantitative estimate of drug-likeness (QED) is 0.594. The van der Waals surface area contributed by atoms with Crippen molar-refractivity contribution in [2.24, 2.45) is 0 Å². The maximum atomic E-state index is 13.4. The Morgan fingerprint density at radius 3 is 2.60 bits per heavy atom. The summed E-state index contributed by atoms with van der Waals surface area (Å²) in [5, 5.41) is 0.452. The predicted molar refractivity (Wildman–Crippen MR) is 111 cm³/mol. The molecule has 0 fully saturated rings. The van der Waals surface area contributed by atoms with Crippen LogP contribution in [-0.2, 0) is 16.0 Å². The Hall–Kier alpha value is -3.48. The molecule has 156 valence electrons. The van der Waals surface area contributed by atoms with Gasteiger partial charge in [-0.3, -0.25) is 4.79 Å². The number of hydrogen-bond acceptors (Lipinski definition) is 7. The van der Waals surface area contributed by atoms with Gasteiger partial charge in [-0.05, 0) is 42.7 Å². The fraction of sp³-hybridized carbons (Fsp3) is 0.304. The number of methoxy groups -OCH3 is 1. The summed E-state index contributed by atoms with van der Waals surface area (Å²) in [7, 11) is 1.30. The average molecular weight is 410 g/mol. The summed E-state index contributed by atoms with van der Waals surface area (Å²) in [6.45, 7) is 4.45. The number of esters is 1. The van der Waals surface area contributed by atoms with Crippen molar-refractivity contribution in [2.75, 3.05) is 26.9 Å². The summed E-state index contributed by atoms with van der Waals surface area (Å²) < 4.78 is 27.4. The van der Waals surface area contributed by atoms with Crippen molar-refractivity contribution in [1.29, 1.82) is 0 Å². The van der Waals surface area contributed by atoms with Crippen LogP contribution in [0.4, 0.5) is 0 Å². The van der Waals surface area contributed by atoms with Gasteiger partial charge in [0.1, 0.15) is 30.3 Å². The lowest BCUT2D eigenvalue weighted by Crippen LogP contribution is -2.15. The van der Waals surface area contributed by atoms with Gasteiger partial charge in [0.15, 0.2) is 18.1 Å². The molecular weight excluding hydrogens is 388 g/mol. The molecule has 4 rings (SSSR count). The smallest absolute Gasteiger partial charge is 0.343 e. The summed E-state index contributed by atoms with van der Waals surface area (Å²) >= 11 is 0. The summed E-state index contributed by atoms with van der Waals surface area (Å²) in [4.78, 5) is 24.8. The van der Waals surface area contributed by atoms with E-state index in [-0.39, 0.29) is 12.0 Å². The van der Waals surface area contributed by atoms with Crippen molar-refractivity contribution in [1.82, 2.24) is 0 Å². The van der Waals surface area contributed by atoms with E-state index in [0.717, 1.165) is 5.56 Å². The van der Waals surface area contributed by atoms with Crippen LogP contribution in [0.2, 0.25) is 0 Å². The first kappa shape index (κ1) is 19.8. The van der Waals surface area contributed by atoms with Crippen LogP contribution < -0.4 is 19.6 Å². The molecule has 0 unspecified atom stereocenters. The second-order valence-corrected chi connectivity index (χ2v) is 6.90. The molecule has 2 heterocycles. The molecule has 0 N–H and O–H groups in total. The zero-order valence-electron chi connectivity index (χ0n) is 17.1. The van der Waals surface area contributed by atoms with Crippen molar-refractivity contribution in [3.8, 4) is 28.4 Å². The predicted octanol–water partition coefficient (Wildman–Crippen LogP) is 3.65. The fourth-order valence-electron chi connectivity index (χ4n) is 3.52. The van der Waals surface area contributed by atoms with E-state index < -0.39 is 5.97 Å². The van der Waals surface area contributed by atoms with Crippen molar-refractivity contribution in [3.63, 3.8) is 0 Å². The summed E-state index contributed by atoms with van der Waals surface area (Å²) in [5.74, 6) is 1.76. The normalized spacial score (nSPS) is 12.6. The van der Waals surface area contributed by atoms with E-state index >= 15 is 0 Å². The highest BCUT2D eigenvalue weighted by Crippen LogP contribution is 2.36. The monoisotopic (exact) mass is 410 g/mol. The highest BCUT2D eigenvalue weighted by Gasteiger charge is 2.19.